The summed E-state index contributed by atoms with van der Waals surface area (Å²) >= 11 is 0.574. The molecule has 0 radical (unpaired) electrons. The third-order valence-corrected chi connectivity index (χ3v) is 6.62. The van der Waals surface area contributed by atoms with E-state index in [4.69, 9.17) is 0 Å². The summed E-state index contributed by atoms with van der Waals surface area (Å²) in [4.78, 5) is 12.8. The summed E-state index contributed by atoms with van der Waals surface area (Å²) in [6, 6.07) is 7.94. The summed E-state index contributed by atoms with van der Waals surface area (Å²) in [5.41, 5.74) is -6.70. The normalized spacial score (nSPS) is 12.0. The first kappa shape index (κ1) is 27.0. The molecular formula is C25H11F9N2OS. The number of nitriles is 1. The Kier molecular flexibility index (Phi) is 6.88. The highest BCUT2D eigenvalue weighted by atomic mass is 32.1. The minimum absolute atomic E-state index is 0.103. The Morgan fingerprint density at radius 2 is 1.50 bits per heavy atom. The zero-order chi connectivity index (χ0) is 28.0. The molecule has 4 rings (SSSR count). The van der Waals surface area contributed by atoms with Crippen molar-refractivity contribution in [3.63, 3.8) is 0 Å². The summed E-state index contributed by atoms with van der Waals surface area (Å²) in [7, 11) is 0. The molecule has 0 aliphatic heterocycles. The van der Waals surface area contributed by atoms with Crippen LogP contribution in [-0.2, 0) is 18.9 Å². The number of hydrogen-bond donors (Lipinski definition) is 0. The molecule has 0 aliphatic rings. The van der Waals surface area contributed by atoms with E-state index in [1.165, 1.54) is 6.07 Å². The van der Waals surface area contributed by atoms with Crippen LogP contribution in [0.2, 0.25) is 0 Å². The Bertz CT molecular complexity index is 1640. The number of hydrogen-bond acceptors (Lipinski definition) is 3. The van der Waals surface area contributed by atoms with Crippen LogP contribution in [0.3, 0.4) is 0 Å². The molecule has 0 atom stereocenters. The lowest BCUT2D eigenvalue weighted by molar-refractivity contribution is -0.138. The zero-order valence-corrected chi connectivity index (χ0v) is 19.3. The minimum Gasteiger partial charge on any atom is -0.302 e. The van der Waals surface area contributed by atoms with Gasteiger partial charge in [0.2, 0.25) is 0 Å². The first-order chi connectivity index (χ1) is 17.7. The Labute approximate surface area is 211 Å². The van der Waals surface area contributed by atoms with Crippen molar-refractivity contribution in [1.82, 2.24) is 4.57 Å². The van der Waals surface area contributed by atoms with E-state index in [2.05, 4.69) is 0 Å². The number of pyridine rings is 1. The van der Waals surface area contributed by atoms with E-state index in [1.807, 2.05) is 0 Å². The van der Waals surface area contributed by atoms with Gasteiger partial charge in [-0.1, -0.05) is 6.07 Å². The van der Waals surface area contributed by atoms with Gasteiger partial charge in [-0.15, -0.1) is 11.3 Å². The second-order valence-electron chi connectivity index (χ2n) is 7.91. The number of rotatable bonds is 4. The van der Waals surface area contributed by atoms with Crippen LogP contribution >= 0.6 is 11.3 Å². The van der Waals surface area contributed by atoms with Gasteiger partial charge in [0.25, 0.3) is 5.56 Å². The first-order valence-corrected chi connectivity index (χ1v) is 11.2. The Morgan fingerprint density at radius 3 is 2.11 bits per heavy atom. The minimum atomic E-state index is -5.15. The Balaban J connectivity index is 1.94. The standard InChI is InChI=1S/C25H11F9N2OS/c26-14-3-1-12(19(28)8-14)11-36-20(9-17(25(32,33)34)16(10-35)23(36)37)22-6-5-21(38-22)15-7-13(24(29,30)31)2-4-18(15)27/h1-9H,11H2. The number of alkyl halides is 6. The van der Waals surface area contributed by atoms with Crippen molar-refractivity contribution in [2.45, 2.75) is 18.9 Å². The lowest BCUT2D eigenvalue weighted by Crippen LogP contribution is -2.28. The smallest absolute Gasteiger partial charge is 0.302 e. The summed E-state index contributed by atoms with van der Waals surface area (Å²) in [5, 5.41) is 9.26. The number of aromatic nitrogens is 1. The maximum Gasteiger partial charge on any atom is 0.417 e. The van der Waals surface area contributed by atoms with E-state index in [1.54, 1.807) is 0 Å². The van der Waals surface area contributed by atoms with Crippen molar-refractivity contribution in [2.75, 3.05) is 0 Å². The van der Waals surface area contributed by atoms with Crippen LogP contribution in [0.1, 0.15) is 22.3 Å². The fourth-order valence-electron chi connectivity index (χ4n) is 3.67. The van der Waals surface area contributed by atoms with E-state index in [0.29, 0.717) is 46.2 Å². The largest absolute Gasteiger partial charge is 0.417 e. The third-order valence-electron chi connectivity index (χ3n) is 5.48. The molecule has 0 saturated carbocycles. The predicted octanol–water partition coefficient (Wildman–Crippen LogP) is 7.62. The maximum absolute atomic E-state index is 14.4. The molecule has 3 nitrogen and oxygen atoms in total. The van der Waals surface area contributed by atoms with Crippen molar-refractivity contribution < 1.29 is 39.5 Å². The van der Waals surface area contributed by atoms with Gasteiger partial charge in [0.1, 0.15) is 29.1 Å². The second-order valence-corrected chi connectivity index (χ2v) is 8.99. The molecule has 0 spiro atoms. The molecule has 0 unspecified atom stereocenters. The summed E-state index contributed by atoms with van der Waals surface area (Å²) in [5.74, 6) is -3.10. The predicted molar refractivity (Wildman–Crippen MR) is 120 cm³/mol. The molecular weight excluding hydrogens is 547 g/mol. The van der Waals surface area contributed by atoms with Crippen LogP contribution in [0.4, 0.5) is 39.5 Å². The van der Waals surface area contributed by atoms with Gasteiger partial charge >= 0.3 is 12.4 Å². The topological polar surface area (TPSA) is 45.8 Å². The van der Waals surface area contributed by atoms with E-state index < -0.39 is 69.9 Å². The van der Waals surface area contributed by atoms with Crippen LogP contribution in [0.5, 0.6) is 0 Å². The van der Waals surface area contributed by atoms with E-state index in [-0.39, 0.29) is 15.3 Å². The molecule has 13 heteroatoms. The summed E-state index contributed by atoms with van der Waals surface area (Å²) in [6.07, 6.45) is -9.94. The maximum atomic E-state index is 14.4. The molecule has 2 heterocycles. The number of halogens is 9. The molecule has 0 N–H and O–H groups in total. The lowest BCUT2D eigenvalue weighted by Gasteiger charge is -2.17. The molecule has 196 valence electrons. The van der Waals surface area contributed by atoms with Gasteiger partial charge in [-0.05, 0) is 42.5 Å². The molecule has 0 aliphatic carbocycles. The van der Waals surface area contributed by atoms with Crippen LogP contribution < -0.4 is 5.56 Å². The van der Waals surface area contributed by atoms with Crippen molar-refractivity contribution in [3.05, 3.63) is 105 Å². The zero-order valence-electron chi connectivity index (χ0n) is 18.5. The summed E-state index contributed by atoms with van der Waals surface area (Å²) in [6.45, 7) is -0.710. The molecule has 0 fully saturated rings. The van der Waals surface area contributed by atoms with E-state index in [9.17, 15) is 49.6 Å². The highest BCUT2D eigenvalue weighted by Crippen LogP contribution is 2.40. The molecule has 2 aromatic heterocycles. The second kappa shape index (κ2) is 9.68. The van der Waals surface area contributed by atoms with Crippen molar-refractivity contribution in [3.8, 4) is 27.1 Å². The van der Waals surface area contributed by atoms with Gasteiger partial charge in [-0.25, -0.2) is 13.2 Å². The van der Waals surface area contributed by atoms with Crippen LogP contribution in [-0.4, -0.2) is 4.57 Å². The average molecular weight is 558 g/mol. The van der Waals surface area contributed by atoms with Crippen LogP contribution in [0, 0.1) is 28.8 Å². The van der Waals surface area contributed by atoms with E-state index >= 15 is 0 Å². The SMILES string of the molecule is N#Cc1c(C(F)(F)F)cc(-c2ccc(-c3cc(C(F)(F)F)ccc3F)s2)n(Cc2ccc(F)cc2F)c1=O. The average Bonchev–Trinajstić information content (AvgIpc) is 3.30. The number of nitrogens with zero attached hydrogens (tertiary/aromatic N) is 2. The fourth-order valence-corrected chi connectivity index (χ4v) is 4.72. The number of benzene rings is 2. The molecule has 2 aromatic carbocycles. The Morgan fingerprint density at radius 1 is 0.816 bits per heavy atom. The van der Waals surface area contributed by atoms with Crippen molar-refractivity contribution in [1.29, 1.82) is 5.26 Å². The quantitative estimate of drug-likeness (QED) is 0.242. The molecule has 0 saturated heterocycles. The van der Waals surface area contributed by atoms with Crippen LogP contribution in [0.15, 0.2) is 59.4 Å². The van der Waals surface area contributed by atoms with E-state index in [0.717, 1.165) is 24.3 Å². The fraction of sp³-hybridized carbons (Fsp3) is 0.120. The van der Waals surface area contributed by atoms with Gasteiger partial charge in [-0.3, -0.25) is 4.79 Å². The van der Waals surface area contributed by atoms with Crippen molar-refractivity contribution in [2.24, 2.45) is 0 Å². The highest BCUT2D eigenvalue weighted by Gasteiger charge is 2.37. The Hall–Kier alpha value is -4.05. The molecule has 0 bridgehead atoms. The van der Waals surface area contributed by atoms with Gasteiger partial charge in [0, 0.05) is 22.1 Å². The van der Waals surface area contributed by atoms with Gasteiger partial charge in [0.05, 0.1) is 28.2 Å². The monoisotopic (exact) mass is 558 g/mol. The number of thiophene rings is 1. The summed E-state index contributed by atoms with van der Waals surface area (Å²) < 4.78 is 123. The van der Waals surface area contributed by atoms with Crippen LogP contribution in [0.25, 0.3) is 21.0 Å². The van der Waals surface area contributed by atoms with Gasteiger partial charge < -0.3 is 4.57 Å². The van der Waals surface area contributed by atoms with Gasteiger partial charge in [-0.2, -0.15) is 31.6 Å². The molecule has 4 aromatic rings. The molecule has 0 amide bonds. The van der Waals surface area contributed by atoms with Gasteiger partial charge in [0.15, 0.2) is 0 Å². The van der Waals surface area contributed by atoms with Crippen molar-refractivity contribution >= 4 is 11.3 Å². The molecule has 38 heavy (non-hydrogen) atoms. The highest BCUT2D eigenvalue weighted by molar-refractivity contribution is 7.18. The third kappa shape index (κ3) is 5.17. The lowest BCUT2D eigenvalue weighted by atomic mass is 10.1. The first-order valence-electron chi connectivity index (χ1n) is 10.4.